The molecule has 1 unspecified atom stereocenters. The third-order valence-corrected chi connectivity index (χ3v) is 4.89. The van der Waals surface area contributed by atoms with Crippen LogP contribution < -0.4 is 5.32 Å². The minimum absolute atomic E-state index is 0.479. The van der Waals surface area contributed by atoms with Crippen LogP contribution >= 0.6 is 0 Å². The first-order valence-corrected chi connectivity index (χ1v) is 7.20. The smallest absolute Gasteiger partial charge is 0.0286 e. The van der Waals surface area contributed by atoms with Gasteiger partial charge in [-0.15, -0.1) is 0 Å². The first kappa shape index (κ1) is 12.2. The van der Waals surface area contributed by atoms with E-state index >= 15 is 0 Å². The van der Waals surface area contributed by atoms with Crippen molar-refractivity contribution < 1.29 is 0 Å². The number of hydrogen-bond donors (Lipinski definition) is 1. The van der Waals surface area contributed by atoms with Crippen molar-refractivity contribution in [3.8, 4) is 0 Å². The zero-order valence-electron chi connectivity index (χ0n) is 11.5. The summed E-state index contributed by atoms with van der Waals surface area (Å²) < 4.78 is 0. The van der Waals surface area contributed by atoms with Crippen molar-refractivity contribution in [1.82, 2.24) is 10.2 Å². The van der Waals surface area contributed by atoms with Crippen LogP contribution in [0.25, 0.3) is 0 Å². The molecule has 0 bridgehead atoms. The molecule has 2 nitrogen and oxygen atoms in total. The van der Waals surface area contributed by atoms with E-state index < -0.39 is 0 Å². The van der Waals surface area contributed by atoms with Crippen LogP contribution in [0.4, 0.5) is 0 Å². The normalized spacial score (nSPS) is 36.6. The van der Waals surface area contributed by atoms with Crippen molar-refractivity contribution in [2.75, 3.05) is 13.1 Å². The van der Waals surface area contributed by atoms with E-state index in [1.54, 1.807) is 0 Å². The average molecular weight is 244 g/mol. The monoisotopic (exact) mass is 244 g/mol. The zero-order chi connectivity index (χ0) is 12.6. The van der Waals surface area contributed by atoms with Gasteiger partial charge < -0.3 is 5.32 Å². The summed E-state index contributed by atoms with van der Waals surface area (Å²) >= 11 is 0. The van der Waals surface area contributed by atoms with Gasteiger partial charge in [0.2, 0.25) is 0 Å². The molecule has 1 aromatic carbocycles. The molecule has 0 radical (unpaired) electrons. The summed E-state index contributed by atoms with van der Waals surface area (Å²) in [7, 11) is 0. The Morgan fingerprint density at radius 1 is 1.33 bits per heavy atom. The van der Waals surface area contributed by atoms with E-state index in [4.69, 9.17) is 0 Å². The summed E-state index contributed by atoms with van der Waals surface area (Å²) in [4.78, 5) is 2.65. The number of nitrogens with one attached hydrogen (secondary N) is 1. The standard InChI is InChI=1S/C16H24N2/c1-13-15-16(2,9-6-10-17-15)12-18(13)11-14-7-4-3-5-8-14/h3-5,7-8,13,15,17H,6,9-12H2,1-2H3/t13-,15?,16+/m0/s1. The molecule has 98 valence electrons. The predicted octanol–water partition coefficient (Wildman–Crippen LogP) is 2.65. The SMILES string of the molecule is C[C@H]1C2NCCC[C@]2(C)CN1Cc1ccccc1. The highest BCUT2D eigenvalue weighted by Gasteiger charge is 2.48. The van der Waals surface area contributed by atoms with Gasteiger partial charge in [0, 0.05) is 25.2 Å². The van der Waals surface area contributed by atoms with E-state index in [1.807, 2.05) is 0 Å². The third kappa shape index (κ3) is 2.08. The molecule has 2 heteroatoms. The molecule has 0 spiro atoms. The Kier molecular flexibility index (Phi) is 3.16. The molecule has 3 atom stereocenters. The lowest BCUT2D eigenvalue weighted by Crippen LogP contribution is -2.50. The van der Waals surface area contributed by atoms with Gasteiger partial charge >= 0.3 is 0 Å². The molecule has 2 saturated heterocycles. The summed E-state index contributed by atoms with van der Waals surface area (Å²) in [6.45, 7) is 8.38. The van der Waals surface area contributed by atoms with E-state index in [2.05, 4.69) is 54.4 Å². The van der Waals surface area contributed by atoms with Gasteiger partial charge in [-0.25, -0.2) is 0 Å². The van der Waals surface area contributed by atoms with Gasteiger partial charge in [0.05, 0.1) is 0 Å². The van der Waals surface area contributed by atoms with Gasteiger partial charge in [-0.3, -0.25) is 4.90 Å². The molecule has 2 heterocycles. The van der Waals surface area contributed by atoms with Crippen LogP contribution in [-0.4, -0.2) is 30.1 Å². The molecule has 2 fully saturated rings. The lowest BCUT2D eigenvalue weighted by molar-refractivity contribution is 0.198. The van der Waals surface area contributed by atoms with E-state index in [1.165, 1.54) is 31.5 Å². The topological polar surface area (TPSA) is 15.3 Å². The highest BCUT2D eigenvalue weighted by Crippen LogP contribution is 2.41. The summed E-state index contributed by atoms with van der Waals surface area (Å²) in [5.74, 6) is 0. The molecule has 3 rings (SSSR count). The predicted molar refractivity (Wildman–Crippen MR) is 75.4 cm³/mol. The second-order valence-electron chi connectivity index (χ2n) is 6.32. The van der Waals surface area contributed by atoms with E-state index in [9.17, 15) is 0 Å². The van der Waals surface area contributed by atoms with Gasteiger partial charge in [-0.05, 0) is 37.3 Å². The molecule has 0 aromatic heterocycles. The number of rotatable bonds is 2. The van der Waals surface area contributed by atoms with Crippen LogP contribution in [0, 0.1) is 5.41 Å². The lowest BCUT2D eigenvalue weighted by Gasteiger charge is -2.37. The Bertz CT molecular complexity index is 403. The second-order valence-corrected chi connectivity index (χ2v) is 6.32. The molecule has 2 aliphatic rings. The van der Waals surface area contributed by atoms with Gasteiger partial charge in [0.25, 0.3) is 0 Å². The van der Waals surface area contributed by atoms with Crippen LogP contribution in [0.2, 0.25) is 0 Å². The fourth-order valence-electron chi connectivity index (χ4n) is 3.92. The van der Waals surface area contributed by atoms with Crippen LogP contribution in [0.3, 0.4) is 0 Å². The molecule has 0 saturated carbocycles. The Labute approximate surface area is 110 Å². The van der Waals surface area contributed by atoms with Crippen molar-refractivity contribution in [2.45, 2.75) is 45.3 Å². The fourth-order valence-corrected chi connectivity index (χ4v) is 3.92. The number of nitrogens with zero attached hydrogens (tertiary/aromatic N) is 1. The van der Waals surface area contributed by atoms with E-state index in [0.29, 0.717) is 17.5 Å². The maximum atomic E-state index is 3.75. The summed E-state index contributed by atoms with van der Waals surface area (Å²) in [5, 5.41) is 3.75. The summed E-state index contributed by atoms with van der Waals surface area (Å²) in [6, 6.07) is 12.2. The molecular weight excluding hydrogens is 220 g/mol. The molecule has 0 aliphatic carbocycles. The van der Waals surface area contributed by atoms with Crippen molar-refractivity contribution in [2.24, 2.45) is 5.41 Å². The van der Waals surface area contributed by atoms with Crippen molar-refractivity contribution in [3.05, 3.63) is 35.9 Å². The minimum atomic E-state index is 0.479. The van der Waals surface area contributed by atoms with Gasteiger partial charge in [0.15, 0.2) is 0 Å². The Morgan fingerprint density at radius 3 is 2.83 bits per heavy atom. The summed E-state index contributed by atoms with van der Waals surface area (Å²) in [6.07, 6.45) is 2.71. The molecule has 1 N–H and O–H groups in total. The largest absolute Gasteiger partial charge is 0.312 e. The van der Waals surface area contributed by atoms with Gasteiger partial charge in [-0.1, -0.05) is 37.3 Å². The lowest BCUT2D eigenvalue weighted by atomic mass is 9.76. The first-order chi connectivity index (χ1) is 8.69. The Hall–Kier alpha value is -0.860. The highest BCUT2D eigenvalue weighted by atomic mass is 15.2. The second kappa shape index (κ2) is 4.67. The molecule has 18 heavy (non-hydrogen) atoms. The van der Waals surface area contributed by atoms with E-state index in [-0.39, 0.29) is 0 Å². The number of piperidine rings is 1. The number of fused-ring (bicyclic) bond motifs is 1. The van der Waals surface area contributed by atoms with Crippen LogP contribution in [0.15, 0.2) is 30.3 Å². The zero-order valence-corrected chi connectivity index (χ0v) is 11.5. The van der Waals surface area contributed by atoms with E-state index in [0.717, 1.165) is 6.54 Å². The first-order valence-electron chi connectivity index (χ1n) is 7.20. The number of benzene rings is 1. The maximum absolute atomic E-state index is 3.75. The maximum Gasteiger partial charge on any atom is 0.0286 e. The average Bonchev–Trinajstić information content (AvgIpc) is 2.63. The third-order valence-electron chi connectivity index (χ3n) is 4.89. The van der Waals surface area contributed by atoms with Gasteiger partial charge in [0.1, 0.15) is 0 Å². The quantitative estimate of drug-likeness (QED) is 0.860. The highest BCUT2D eigenvalue weighted by molar-refractivity contribution is 5.16. The van der Waals surface area contributed by atoms with Gasteiger partial charge in [-0.2, -0.15) is 0 Å². The van der Waals surface area contributed by atoms with Crippen molar-refractivity contribution in [1.29, 1.82) is 0 Å². The molecule has 0 amide bonds. The van der Waals surface area contributed by atoms with Crippen molar-refractivity contribution in [3.63, 3.8) is 0 Å². The number of hydrogen-bond acceptors (Lipinski definition) is 2. The Balaban J connectivity index is 1.75. The molecular formula is C16H24N2. The molecule has 1 aromatic rings. The fraction of sp³-hybridized carbons (Fsp3) is 0.625. The minimum Gasteiger partial charge on any atom is -0.312 e. The van der Waals surface area contributed by atoms with Crippen LogP contribution in [-0.2, 0) is 6.54 Å². The molecule has 2 aliphatic heterocycles. The van der Waals surface area contributed by atoms with Crippen LogP contribution in [0.5, 0.6) is 0 Å². The van der Waals surface area contributed by atoms with Crippen LogP contribution in [0.1, 0.15) is 32.3 Å². The Morgan fingerprint density at radius 2 is 2.11 bits per heavy atom. The number of likely N-dealkylation sites (tertiary alicyclic amines) is 1. The summed E-state index contributed by atoms with van der Waals surface area (Å²) in [5.41, 5.74) is 1.92. The van der Waals surface area contributed by atoms with Crippen molar-refractivity contribution >= 4 is 0 Å².